The first-order valence-electron chi connectivity index (χ1n) is 11.4. The third-order valence-corrected chi connectivity index (χ3v) is 5.95. The van der Waals surface area contributed by atoms with Gasteiger partial charge in [0.1, 0.15) is 23.9 Å². The molecule has 0 aliphatic carbocycles. The van der Waals surface area contributed by atoms with Crippen molar-refractivity contribution < 1.29 is 44.4 Å². The number of nitrogens with one attached hydrogen (secondary N) is 3. The highest BCUT2D eigenvalue weighted by atomic mass is 32.2. The summed E-state index contributed by atoms with van der Waals surface area (Å²) in [7, 11) is 0. The second kappa shape index (κ2) is 15.7. The molecule has 0 saturated carbocycles. The molecule has 14 heteroatoms. The largest absolute Gasteiger partial charge is 0.508 e. The van der Waals surface area contributed by atoms with E-state index in [2.05, 4.69) is 16.0 Å². The molecule has 0 heterocycles. The number of aliphatic hydroxyl groups excluding tert-OH is 1. The van der Waals surface area contributed by atoms with Crippen LogP contribution in [-0.2, 0) is 30.4 Å². The van der Waals surface area contributed by atoms with E-state index in [9.17, 15) is 39.3 Å². The SMILES string of the molecule is CSCCC(N)C(=O)NC(Cc1ccc(O)cc1)C(=O)NC(C(=O)NC(CCC(=O)O)C(=O)O)C(C)O. The third-order valence-electron chi connectivity index (χ3n) is 5.30. The molecule has 0 aliphatic rings. The summed E-state index contributed by atoms with van der Waals surface area (Å²) in [5.41, 5.74) is 6.47. The molecular formula is C23H34N4O9S. The van der Waals surface area contributed by atoms with Crippen molar-refractivity contribution in [2.24, 2.45) is 5.73 Å². The van der Waals surface area contributed by atoms with Crippen molar-refractivity contribution in [3.63, 3.8) is 0 Å². The average Bonchev–Trinajstić information content (AvgIpc) is 2.83. The van der Waals surface area contributed by atoms with Crippen LogP contribution in [0.15, 0.2) is 24.3 Å². The summed E-state index contributed by atoms with van der Waals surface area (Å²) in [4.78, 5) is 60.6. The molecule has 206 valence electrons. The molecule has 13 nitrogen and oxygen atoms in total. The Morgan fingerprint density at radius 2 is 1.51 bits per heavy atom. The maximum absolute atomic E-state index is 13.1. The van der Waals surface area contributed by atoms with Crippen LogP contribution in [0.4, 0.5) is 0 Å². The number of carbonyl (C=O) groups is 5. The van der Waals surface area contributed by atoms with Crippen LogP contribution in [0.25, 0.3) is 0 Å². The second-order valence-electron chi connectivity index (χ2n) is 8.38. The van der Waals surface area contributed by atoms with Gasteiger partial charge >= 0.3 is 11.9 Å². The molecule has 1 rings (SSSR count). The van der Waals surface area contributed by atoms with E-state index in [1.807, 2.05) is 6.26 Å². The van der Waals surface area contributed by atoms with Gasteiger partial charge in [-0.05, 0) is 49.5 Å². The lowest BCUT2D eigenvalue weighted by Crippen LogP contribution is -2.60. The summed E-state index contributed by atoms with van der Waals surface area (Å²) < 4.78 is 0. The summed E-state index contributed by atoms with van der Waals surface area (Å²) in [6.07, 6.45) is -0.246. The zero-order valence-corrected chi connectivity index (χ0v) is 21.4. The van der Waals surface area contributed by atoms with Crippen LogP contribution < -0.4 is 21.7 Å². The second-order valence-corrected chi connectivity index (χ2v) is 9.36. The van der Waals surface area contributed by atoms with E-state index in [0.29, 0.717) is 17.7 Å². The molecule has 0 bridgehead atoms. The third kappa shape index (κ3) is 11.5. The normalized spacial score (nSPS) is 14.9. The number of benzene rings is 1. The van der Waals surface area contributed by atoms with Crippen molar-refractivity contribution in [2.45, 2.75) is 62.9 Å². The van der Waals surface area contributed by atoms with Gasteiger partial charge in [-0.15, -0.1) is 0 Å². The van der Waals surface area contributed by atoms with E-state index in [1.54, 1.807) is 0 Å². The molecular weight excluding hydrogens is 508 g/mol. The number of aliphatic carboxylic acids is 2. The topological polar surface area (TPSA) is 228 Å². The Bertz CT molecular complexity index is 943. The molecule has 0 aromatic heterocycles. The van der Waals surface area contributed by atoms with Crippen molar-refractivity contribution in [3.8, 4) is 5.75 Å². The molecule has 1 aromatic rings. The molecule has 5 unspecified atom stereocenters. The van der Waals surface area contributed by atoms with Crippen LogP contribution >= 0.6 is 11.8 Å². The van der Waals surface area contributed by atoms with Gasteiger partial charge in [-0.3, -0.25) is 19.2 Å². The van der Waals surface area contributed by atoms with Gasteiger partial charge in [0.25, 0.3) is 0 Å². The fraction of sp³-hybridized carbons (Fsp3) is 0.522. The summed E-state index contributed by atoms with van der Waals surface area (Å²) in [5.74, 6) is -4.64. The zero-order chi connectivity index (χ0) is 28.1. The molecule has 3 amide bonds. The molecule has 0 spiro atoms. The van der Waals surface area contributed by atoms with E-state index in [1.165, 1.54) is 43.0 Å². The molecule has 0 fully saturated rings. The molecule has 0 radical (unpaired) electrons. The minimum Gasteiger partial charge on any atom is -0.508 e. The summed E-state index contributed by atoms with van der Waals surface area (Å²) >= 11 is 1.49. The van der Waals surface area contributed by atoms with Gasteiger partial charge in [0, 0.05) is 12.8 Å². The Morgan fingerprint density at radius 1 is 0.919 bits per heavy atom. The smallest absolute Gasteiger partial charge is 0.326 e. The van der Waals surface area contributed by atoms with Crippen molar-refractivity contribution in [2.75, 3.05) is 12.0 Å². The Kier molecular flexibility index (Phi) is 13.4. The van der Waals surface area contributed by atoms with Gasteiger partial charge in [-0.1, -0.05) is 12.1 Å². The number of hydrogen-bond donors (Lipinski definition) is 8. The highest BCUT2D eigenvalue weighted by Crippen LogP contribution is 2.12. The quantitative estimate of drug-likeness (QED) is 0.124. The van der Waals surface area contributed by atoms with E-state index in [4.69, 9.17) is 10.8 Å². The number of nitrogens with two attached hydrogens (primary N) is 1. The van der Waals surface area contributed by atoms with Crippen LogP contribution in [0.3, 0.4) is 0 Å². The highest BCUT2D eigenvalue weighted by Gasteiger charge is 2.33. The number of thioether (sulfide) groups is 1. The van der Waals surface area contributed by atoms with Crippen LogP contribution in [0.1, 0.15) is 31.7 Å². The monoisotopic (exact) mass is 542 g/mol. The summed E-state index contributed by atoms with van der Waals surface area (Å²) in [6, 6.07) is 0.560. The molecule has 5 atom stereocenters. The standard InChI is InChI=1S/C23H34N4O9S/c1-12(28)19(22(34)25-16(23(35)36)7-8-18(30)31)27-21(33)17(11-13-3-5-14(29)6-4-13)26-20(32)15(24)9-10-37-2/h3-6,12,15-17,19,28-29H,7-11,24H2,1-2H3,(H,25,34)(H,26,32)(H,27,33)(H,30,31)(H,35,36). The van der Waals surface area contributed by atoms with Crippen LogP contribution in [0.2, 0.25) is 0 Å². The number of amides is 3. The lowest BCUT2D eigenvalue weighted by atomic mass is 10.0. The molecule has 9 N–H and O–H groups in total. The van der Waals surface area contributed by atoms with Crippen LogP contribution in [0, 0.1) is 0 Å². The minimum atomic E-state index is -1.61. The first-order chi connectivity index (χ1) is 17.3. The molecule has 0 saturated heterocycles. The first kappa shape index (κ1) is 31.7. The van der Waals surface area contributed by atoms with E-state index < -0.39 is 72.8 Å². The lowest BCUT2D eigenvalue weighted by Gasteiger charge is -2.26. The number of aliphatic hydroxyl groups is 1. The van der Waals surface area contributed by atoms with Crippen LogP contribution in [-0.4, -0.2) is 92.4 Å². The molecule has 37 heavy (non-hydrogen) atoms. The Morgan fingerprint density at radius 3 is 2.03 bits per heavy atom. The zero-order valence-electron chi connectivity index (χ0n) is 20.5. The van der Waals surface area contributed by atoms with Crippen molar-refractivity contribution in [1.29, 1.82) is 0 Å². The lowest BCUT2D eigenvalue weighted by molar-refractivity contribution is -0.144. The number of aromatic hydroxyl groups is 1. The fourth-order valence-corrected chi connectivity index (χ4v) is 3.67. The number of hydrogen-bond acceptors (Lipinski definition) is 9. The van der Waals surface area contributed by atoms with Gasteiger partial charge in [0.2, 0.25) is 17.7 Å². The number of phenols is 1. The molecule has 1 aromatic carbocycles. The Balaban J connectivity index is 3.07. The van der Waals surface area contributed by atoms with Crippen molar-refractivity contribution >= 4 is 41.4 Å². The number of carbonyl (C=O) groups excluding carboxylic acids is 3. The predicted octanol–water partition coefficient (Wildman–Crippen LogP) is -1.20. The fourth-order valence-electron chi connectivity index (χ4n) is 3.18. The van der Waals surface area contributed by atoms with Gasteiger partial charge in [-0.25, -0.2) is 4.79 Å². The maximum Gasteiger partial charge on any atom is 0.326 e. The average molecular weight is 543 g/mol. The maximum atomic E-state index is 13.1. The Hall–Kier alpha value is -3.36. The number of rotatable bonds is 16. The summed E-state index contributed by atoms with van der Waals surface area (Å²) in [5, 5.41) is 44.7. The minimum absolute atomic E-state index is 0.00500. The Labute approximate surface area is 218 Å². The summed E-state index contributed by atoms with van der Waals surface area (Å²) in [6.45, 7) is 1.20. The van der Waals surface area contributed by atoms with E-state index >= 15 is 0 Å². The first-order valence-corrected chi connectivity index (χ1v) is 12.8. The van der Waals surface area contributed by atoms with Gasteiger partial charge in [0.05, 0.1) is 12.1 Å². The van der Waals surface area contributed by atoms with E-state index in [-0.39, 0.29) is 12.2 Å². The number of carboxylic acid groups (broad SMARTS) is 2. The van der Waals surface area contributed by atoms with E-state index in [0.717, 1.165) is 0 Å². The van der Waals surface area contributed by atoms with Crippen molar-refractivity contribution in [1.82, 2.24) is 16.0 Å². The van der Waals surface area contributed by atoms with Crippen LogP contribution in [0.5, 0.6) is 5.75 Å². The number of phenolic OH excluding ortho intramolecular Hbond substituents is 1. The number of carboxylic acids is 2. The van der Waals surface area contributed by atoms with Gasteiger partial charge < -0.3 is 42.1 Å². The predicted molar refractivity (Wildman–Crippen MR) is 135 cm³/mol. The van der Waals surface area contributed by atoms with Gasteiger partial charge in [0.15, 0.2) is 0 Å². The highest BCUT2D eigenvalue weighted by molar-refractivity contribution is 7.98. The van der Waals surface area contributed by atoms with Crippen molar-refractivity contribution in [3.05, 3.63) is 29.8 Å². The van der Waals surface area contributed by atoms with Gasteiger partial charge in [-0.2, -0.15) is 11.8 Å². The molecule has 0 aliphatic heterocycles.